The van der Waals surface area contributed by atoms with Gasteiger partial charge in [-0.25, -0.2) is 19.4 Å². The van der Waals surface area contributed by atoms with Crippen LogP contribution in [0.25, 0.3) is 5.82 Å². The van der Waals surface area contributed by atoms with Crippen LogP contribution in [-0.4, -0.2) is 67.7 Å². The van der Waals surface area contributed by atoms with Crippen LogP contribution in [0.5, 0.6) is 11.6 Å². The van der Waals surface area contributed by atoms with Crippen LogP contribution in [0.15, 0.2) is 70.7 Å². The molecule has 2 aliphatic heterocycles. The molecule has 16 heteroatoms. The van der Waals surface area contributed by atoms with E-state index < -0.39 is 55.5 Å². The molecule has 1 aromatic carbocycles. The molecule has 0 unspecified atom stereocenters. The second kappa shape index (κ2) is 12.7. The number of nitrogens with one attached hydrogen (secondary N) is 2. The van der Waals surface area contributed by atoms with Crippen LogP contribution in [-0.2, 0) is 20.1 Å². The summed E-state index contributed by atoms with van der Waals surface area (Å²) >= 11 is 0. The molecule has 1 saturated heterocycles. The fourth-order valence-electron chi connectivity index (χ4n) is 8.86. The van der Waals surface area contributed by atoms with Crippen LogP contribution in [0, 0.1) is 29.6 Å². The van der Waals surface area contributed by atoms with Crippen molar-refractivity contribution in [3.05, 3.63) is 71.9 Å². The molecule has 2 spiro atoms. The Hall–Kier alpha value is -4.70. The van der Waals surface area contributed by atoms with Gasteiger partial charge in [-0.2, -0.15) is 16.8 Å². The highest BCUT2D eigenvalue weighted by Gasteiger charge is 2.85. The Balaban J connectivity index is 1.01. The maximum absolute atomic E-state index is 14.0. The number of sulfonamides is 1. The van der Waals surface area contributed by atoms with Crippen molar-refractivity contribution in [3.8, 4) is 17.4 Å². The Morgan fingerprint density at radius 2 is 1.75 bits per heavy atom. The predicted octanol–water partition coefficient (Wildman–Crippen LogP) is 5.63. The van der Waals surface area contributed by atoms with Gasteiger partial charge in [0, 0.05) is 33.6 Å². The number of anilines is 2. The third-order valence-corrected chi connectivity index (χ3v) is 14.5. The van der Waals surface area contributed by atoms with E-state index >= 15 is 0 Å². The summed E-state index contributed by atoms with van der Waals surface area (Å²) in [6.45, 7) is 3.99. The van der Waals surface area contributed by atoms with Crippen LogP contribution in [0.3, 0.4) is 0 Å². The summed E-state index contributed by atoms with van der Waals surface area (Å²) in [5.41, 5.74) is 0.106. The minimum absolute atomic E-state index is 0.0379. The number of pyridine rings is 2. The van der Waals surface area contributed by atoms with Crippen molar-refractivity contribution >= 4 is 37.7 Å². The van der Waals surface area contributed by atoms with E-state index in [9.17, 15) is 21.6 Å². The number of amides is 1. The number of hydrogen-bond acceptors (Lipinski definition) is 12. The van der Waals surface area contributed by atoms with Crippen LogP contribution in [0.1, 0.15) is 86.6 Å². The van der Waals surface area contributed by atoms with E-state index in [-0.39, 0.29) is 56.3 Å². The first kappa shape index (κ1) is 31.5. The largest absolute Gasteiger partial charge is 0.477 e. The minimum atomic E-state index is -4.63. The fraction of sp³-hybridized carbons (Fsp3) is 0.487. The summed E-state index contributed by atoms with van der Waals surface area (Å²) < 4.78 is 103. The summed E-state index contributed by atoms with van der Waals surface area (Å²) in [6.07, 6.45) is 5.01. The number of aryl methyl sites for hydroxylation is 1. The monoisotopic (exact) mass is 791 g/mol. The molecule has 3 saturated carbocycles. The molecular formula is C39H45N7O7S2. The lowest BCUT2D eigenvalue weighted by atomic mass is 9.93. The molecule has 4 bridgehead atoms. The van der Waals surface area contributed by atoms with Crippen molar-refractivity contribution in [1.29, 1.82) is 0 Å². The van der Waals surface area contributed by atoms with Gasteiger partial charge in [0.05, 0.1) is 14.9 Å². The second-order valence-electron chi connectivity index (χ2n) is 16.1. The Morgan fingerprint density at radius 3 is 2.47 bits per heavy atom. The predicted molar refractivity (Wildman–Crippen MR) is 203 cm³/mol. The molecule has 3 aliphatic carbocycles. The molecule has 0 radical (unpaired) electrons. The summed E-state index contributed by atoms with van der Waals surface area (Å²) in [5.74, 6) is -1.27. The minimum Gasteiger partial charge on any atom is -0.477 e. The molecule has 9 rings (SSSR count). The smallest absolute Gasteiger partial charge is 0.339 e. The molecule has 5 heterocycles. The number of fused-ring (bicyclic) bond motifs is 7. The maximum atomic E-state index is 14.0. The molecular weight excluding hydrogens is 743 g/mol. The van der Waals surface area contributed by atoms with Crippen LogP contribution in [0.2, 0.25) is 0 Å². The van der Waals surface area contributed by atoms with Crippen LogP contribution < -0.4 is 23.9 Å². The van der Waals surface area contributed by atoms with E-state index in [0.717, 1.165) is 50.2 Å². The van der Waals surface area contributed by atoms with Crippen molar-refractivity contribution in [1.82, 2.24) is 24.5 Å². The van der Waals surface area contributed by atoms with Gasteiger partial charge in [-0.1, -0.05) is 17.7 Å². The number of benzene rings is 1. The van der Waals surface area contributed by atoms with Gasteiger partial charge in [0.25, 0.3) is 15.9 Å². The highest BCUT2D eigenvalue weighted by Crippen LogP contribution is 2.93. The summed E-state index contributed by atoms with van der Waals surface area (Å²) in [6, 6.07) is 12.7. The van der Waals surface area contributed by atoms with Gasteiger partial charge in [0.2, 0.25) is 5.88 Å². The van der Waals surface area contributed by atoms with E-state index in [1.54, 1.807) is 12.1 Å². The van der Waals surface area contributed by atoms with Crippen molar-refractivity contribution in [3.63, 3.8) is 0 Å². The van der Waals surface area contributed by atoms with Crippen molar-refractivity contribution in [2.45, 2.75) is 87.6 Å². The quantitative estimate of drug-likeness (QED) is 0.211. The van der Waals surface area contributed by atoms with Crippen LogP contribution in [0.4, 0.5) is 11.6 Å². The number of hydrogen-bond donors (Lipinski definition) is 2. The first-order valence-corrected chi connectivity index (χ1v) is 21.4. The topological polar surface area (TPSA) is 175 Å². The Labute approximate surface area is 326 Å². The molecule has 14 nitrogen and oxygen atoms in total. The van der Waals surface area contributed by atoms with Crippen molar-refractivity contribution in [2.24, 2.45) is 22.7 Å². The number of nitrogens with zero attached hydrogens (tertiary/aromatic N) is 5. The zero-order valence-corrected chi connectivity index (χ0v) is 32.3. The standard InChI is InChI=1S/C39H45N7O7S2/c1-25-6-8-27(9-7-25)55(50,51)53-29-11-13-33-42-34(29)40-20-4-5-26-23-37(2,3)45(24-26)35-28(36(47)44-54(33,48)49)10-12-31(41-35)46-21-14-32(43-46)52-22-15-30-38(16-17-38)39(30)18-19-39/h6-14,21,26,30H,4-5,15-20,22-24H2,1-3H3,(H,40,42)(H,44,47)/t26-/m0/s1/i15D2,22D2. The normalized spacial score (nSPS) is 24.5. The summed E-state index contributed by atoms with van der Waals surface area (Å²) in [7, 11) is -8.94. The first-order chi connectivity index (χ1) is 27.7. The fourth-order valence-corrected chi connectivity index (χ4v) is 10.7. The van der Waals surface area contributed by atoms with E-state index in [4.69, 9.17) is 19.4 Å². The Morgan fingerprint density at radius 1 is 1.00 bits per heavy atom. The number of carbonyl (C=O) groups excluding carboxylic acids is 1. The van der Waals surface area contributed by atoms with E-state index in [1.807, 2.05) is 25.7 Å². The molecule has 4 fully saturated rings. The molecule has 5 aliphatic rings. The van der Waals surface area contributed by atoms with E-state index in [1.165, 1.54) is 47.3 Å². The number of aromatic nitrogens is 4. The third kappa shape index (κ3) is 6.40. The van der Waals surface area contributed by atoms with Gasteiger partial charge >= 0.3 is 10.1 Å². The number of rotatable bonds is 8. The molecule has 4 aromatic rings. The van der Waals surface area contributed by atoms with Crippen molar-refractivity contribution in [2.75, 3.05) is 29.9 Å². The Bertz CT molecular complexity index is 2580. The van der Waals surface area contributed by atoms with Crippen molar-refractivity contribution < 1.29 is 36.0 Å². The zero-order valence-electron chi connectivity index (χ0n) is 34.7. The van der Waals surface area contributed by atoms with Gasteiger partial charge in [-0.05, 0) is 131 Å². The number of ether oxygens (including phenoxy) is 1. The molecule has 1 amide bonds. The molecule has 290 valence electrons. The molecule has 1 atom stereocenters. The van der Waals surface area contributed by atoms with Gasteiger partial charge in [0.1, 0.15) is 10.7 Å². The average molecular weight is 792 g/mol. The van der Waals surface area contributed by atoms with Gasteiger partial charge in [0.15, 0.2) is 22.4 Å². The third-order valence-electron chi connectivity index (χ3n) is 12.0. The average Bonchev–Trinajstić information content (AvgIpc) is 4.12. The first-order valence-electron chi connectivity index (χ1n) is 20.6. The van der Waals surface area contributed by atoms with Gasteiger partial charge in [-0.15, -0.1) is 5.10 Å². The number of carbonyl (C=O) groups is 1. The van der Waals surface area contributed by atoms with Gasteiger partial charge in [-0.3, -0.25) is 4.79 Å². The molecule has 55 heavy (non-hydrogen) atoms. The molecule has 3 aromatic heterocycles. The maximum Gasteiger partial charge on any atom is 0.339 e. The van der Waals surface area contributed by atoms with Crippen LogP contribution >= 0.6 is 0 Å². The second-order valence-corrected chi connectivity index (χ2v) is 19.3. The van der Waals surface area contributed by atoms with E-state index in [2.05, 4.69) is 20.1 Å². The summed E-state index contributed by atoms with van der Waals surface area (Å²) in [5, 5.41) is 6.90. The summed E-state index contributed by atoms with van der Waals surface area (Å²) in [4.78, 5) is 25.0. The molecule has 2 N–H and O–H groups in total. The lowest BCUT2D eigenvalue weighted by molar-refractivity contribution is 0.0981. The zero-order chi connectivity index (χ0) is 42.0. The Kier molecular flexibility index (Phi) is 7.25. The lowest BCUT2D eigenvalue weighted by Crippen LogP contribution is -2.41. The van der Waals surface area contributed by atoms with Gasteiger partial charge < -0.3 is 19.1 Å². The highest BCUT2D eigenvalue weighted by molar-refractivity contribution is 7.90. The van der Waals surface area contributed by atoms with E-state index in [0.29, 0.717) is 19.5 Å². The SMILES string of the molecule is [2H]C([2H])(Oc1ccn(-c2ccc3c(n2)N2C[C@@H](CCCNc4nc(ccc4OS(=O)(=O)c4ccc(C)cc4)S(=O)(=O)NC3=O)CC2(C)C)n1)C([2H])([2H])C1C2(CC2)C12CC2. The lowest BCUT2D eigenvalue weighted by Gasteiger charge is -2.34. The highest BCUT2D eigenvalue weighted by atomic mass is 32.2.